The molecule has 9 nitrogen and oxygen atoms in total. The van der Waals surface area contributed by atoms with Crippen molar-refractivity contribution in [1.82, 2.24) is 10.2 Å². The number of nitrogens with one attached hydrogen (secondary N) is 1. The predicted octanol–water partition coefficient (Wildman–Crippen LogP) is 4.05. The van der Waals surface area contributed by atoms with Crippen LogP contribution in [0.25, 0.3) is 16.6 Å². The number of hydrogen-bond acceptors (Lipinski definition) is 8. The minimum absolute atomic E-state index is 0.00395. The number of rotatable bonds is 6. The first kappa shape index (κ1) is 19.3. The number of allylic oxidation sites excluding steroid dienone is 2. The van der Waals surface area contributed by atoms with Crippen LogP contribution in [0, 0.1) is 10.1 Å². The number of nitro groups is 1. The smallest absolute Gasteiger partial charge is 0.269 e. The van der Waals surface area contributed by atoms with E-state index in [0.29, 0.717) is 27.2 Å². The molecule has 1 aliphatic rings. The van der Waals surface area contributed by atoms with Gasteiger partial charge in [-0.2, -0.15) is 0 Å². The average molecular weight is 422 g/mol. The molecule has 1 N–H and O–H groups in total. The summed E-state index contributed by atoms with van der Waals surface area (Å²) in [6, 6.07) is 11.5. The summed E-state index contributed by atoms with van der Waals surface area (Å²) in [4.78, 5) is 22.3. The van der Waals surface area contributed by atoms with Gasteiger partial charge in [-0.25, -0.2) is 0 Å². The maximum atomic E-state index is 12.0. The van der Waals surface area contributed by atoms with Crippen LogP contribution in [-0.4, -0.2) is 27.8 Å². The van der Waals surface area contributed by atoms with Crippen molar-refractivity contribution in [2.75, 3.05) is 12.1 Å². The number of non-ortho nitro benzene ring substituents is 1. The van der Waals surface area contributed by atoms with E-state index in [1.165, 1.54) is 29.5 Å². The fourth-order valence-electron chi connectivity index (χ4n) is 2.59. The molecule has 1 amide bonds. The number of nitrogens with zero attached hydrogens (tertiary/aromatic N) is 3. The summed E-state index contributed by atoms with van der Waals surface area (Å²) >= 11 is 1.17. The van der Waals surface area contributed by atoms with Crippen LogP contribution in [0.3, 0.4) is 0 Å². The van der Waals surface area contributed by atoms with Gasteiger partial charge in [0, 0.05) is 23.8 Å². The van der Waals surface area contributed by atoms with E-state index in [1.54, 1.807) is 24.3 Å². The molecule has 2 aromatic carbocycles. The molecule has 0 unspecified atom stereocenters. The van der Waals surface area contributed by atoms with Crippen LogP contribution in [0.2, 0.25) is 0 Å². The molecule has 0 saturated heterocycles. The highest BCUT2D eigenvalue weighted by molar-refractivity contribution is 7.18. The lowest BCUT2D eigenvalue weighted by Crippen LogP contribution is -2.07. The molecule has 0 radical (unpaired) electrons. The molecule has 1 aromatic heterocycles. The molecule has 4 rings (SSSR count). The molecule has 10 heteroatoms. The van der Waals surface area contributed by atoms with E-state index in [-0.39, 0.29) is 18.4 Å². The Bertz CT molecular complexity index is 1150. The van der Waals surface area contributed by atoms with Crippen molar-refractivity contribution < 1.29 is 19.2 Å². The Morgan fingerprint density at radius 1 is 1.10 bits per heavy atom. The van der Waals surface area contributed by atoms with E-state index in [4.69, 9.17) is 9.47 Å². The Morgan fingerprint density at radius 3 is 2.70 bits per heavy atom. The van der Waals surface area contributed by atoms with Crippen LogP contribution in [-0.2, 0) is 4.79 Å². The highest BCUT2D eigenvalue weighted by Crippen LogP contribution is 2.32. The predicted molar refractivity (Wildman–Crippen MR) is 111 cm³/mol. The molecule has 150 valence electrons. The molecule has 0 saturated carbocycles. The van der Waals surface area contributed by atoms with Crippen LogP contribution in [0.4, 0.5) is 10.8 Å². The maximum absolute atomic E-state index is 12.0. The van der Waals surface area contributed by atoms with Gasteiger partial charge in [-0.05, 0) is 29.8 Å². The lowest BCUT2D eigenvalue weighted by molar-refractivity contribution is -0.384. The van der Waals surface area contributed by atoms with Gasteiger partial charge in [-0.3, -0.25) is 20.2 Å². The summed E-state index contributed by atoms with van der Waals surface area (Å²) < 4.78 is 10.6. The number of hydrogen-bond donors (Lipinski definition) is 1. The largest absolute Gasteiger partial charge is 0.454 e. The van der Waals surface area contributed by atoms with E-state index in [2.05, 4.69) is 15.5 Å². The topological polar surface area (TPSA) is 116 Å². The van der Waals surface area contributed by atoms with Crippen molar-refractivity contribution in [3.8, 4) is 22.1 Å². The number of carbonyl (C=O) groups is 1. The van der Waals surface area contributed by atoms with Crippen molar-refractivity contribution in [2.24, 2.45) is 0 Å². The van der Waals surface area contributed by atoms with E-state index >= 15 is 0 Å². The first-order chi connectivity index (χ1) is 14.6. The molecular formula is C20H14N4O5S. The van der Waals surface area contributed by atoms with Crippen LogP contribution < -0.4 is 14.8 Å². The third kappa shape index (κ3) is 4.50. The van der Waals surface area contributed by atoms with Crippen molar-refractivity contribution in [3.05, 3.63) is 76.4 Å². The lowest BCUT2D eigenvalue weighted by Gasteiger charge is -1.97. The Hall–Kier alpha value is -4.05. The normalized spacial score (nSPS) is 12.5. The molecule has 0 bridgehead atoms. The molecule has 0 atom stereocenters. The second kappa shape index (κ2) is 8.53. The van der Waals surface area contributed by atoms with Gasteiger partial charge in [-0.1, -0.05) is 35.6 Å². The van der Waals surface area contributed by atoms with E-state index in [9.17, 15) is 14.9 Å². The number of ether oxygens (including phenoxy) is 2. The lowest BCUT2D eigenvalue weighted by atomic mass is 10.2. The molecule has 2 heterocycles. The number of anilines is 1. The molecular weight excluding hydrogens is 408 g/mol. The Labute approximate surface area is 174 Å². The SMILES string of the molecule is O=C(/C=C/C=C/c1ccc2c(c1)OCO2)Nc1nnc(-c2ccc([N+](=O)[O-])cc2)s1. The van der Waals surface area contributed by atoms with Crippen LogP contribution in [0.5, 0.6) is 11.5 Å². The van der Waals surface area contributed by atoms with Crippen molar-refractivity contribution in [1.29, 1.82) is 0 Å². The highest BCUT2D eigenvalue weighted by Gasteiger charge is 2.12. The van der Waals surface area contributed by atoms with Crippen LogP contribution >= 0.6 is 11.3 Å². The number of amides is 1. The number of aromatic nitrogens is 2. The van der Waals surface area contributed by atoms with Gasteiger partial charge in [0.05, 0.1) is 4.92 Å². The Morgan fingerprint density at radius 2 is 1.90 bits per heavy atom. The summed E-state index contributed by atoms with van der Waals surface area (Å²) in [5, 5.41) is 22.2. The fourth-order valence-corrected chi connectivity index (χ4v) is 3.34. The summed E-state index contributed by atoms with van der Waals surface area (Å²) in [6.07, 6.45) is 6.55. The third-order valence-electron chi connectivity index (χ3n) is 4.02. The second-order valence-corrected chi connectivity index (χ2v) is 7.01. The minimum atomic E-state index is -0.469. The zero-order valence-electron chi connectivity index (χ0n) is 15.3. The van der Waals surface area contributed by atoms with Gasteiger partial charge < -0.3 is 9.47 Å². The summed E-state index contributed by atoms with van der Waals surface area (Å²) in [5.41, 5.74) is 1.60. The van der Waals surface area contributed by atoms with Gasteiger partial charge in [0.15, 0.2) is 11.5 Å². The van der Waals surface area contributed by atoms with Gasteiger partial charge in [-0.15, -0.1) is 10.2 Å². The van der Waals surface area contributed by atoms with Crippen LogP contribution in [0.15, 0.2) is 60.7 Å². The molecule has 3 aromatic rings. The number of nitro benzene ring substituents is 1. The second-order valence-electron chi connectivity index (χ2n) is 6.04. The highest BCUT2D eigenvalue weighted by atomic mass is 32.1. The fraction of sp³-hybridized carbons (Fsp3) is 0.0500. The molecule has 30 heavy (non-hydrogen) atoms. The Balaban J connectivity index is 1.33. The zero-order valence-corrected chi connectivity index (χ0v) is 16.2. The first-order valence-corrected chi connectivity index (χ1v) is 9.54. The molecule has 0 spiro atoms. The van der Waals surface area contributed by atoms with Gasteiger partial charge in [0.2, 0.25) is 17.8 Å². The zero-order chi connectivity index (χ0) is 20.9. The quantitative estimate of drug-likeness (QED) is 0.276. The number of benzene rings is 2. The molecule has 1 aliphatic heterocycles. The average Bonchev–Trinajstić information content (AvgIpc) is 3.40. The maximum Gasteiger partial charge on any atom is 0.269 e. The van der Waals surface area contributed by atoms with E-state index in [0.717, 1.165) is 5.56 Å². The summed E-state index contributed by atoms with van der Waals surface area (Å²) in [6.45, 7) is 0.222. The van der Waals surface area contributed by atoms with E-state index < -0.39 is 4.92 Å². The van der Waals surface area contributed by atoms with Gasteiger partial charge >= 0.3 is 0 Å². The molecule has 0 aliphatic carbocycles. The third-order valence-corrected chi connectivity index (χ3v) is 4.91. The van der Waals surface area contributed by atoms with Crippen molar-refractivity contribution in [3.63, 3.8) is 0 Å². The van der Waals surface area contributed by atoms with E-state index in [1.807, 2.05) is 24.3 Å². The number of carbonyl (C=O) groups excluding carboxylic acids is 1. The summed E-state index contributed by atoms with van der Waals surface area (Å²) in [5.74, 6) is 1.06. The van der Waals surface area contributed by atoms with Gasteiger partial charge in [0.25, 0.3) is 5.69 Å². The number of fused-ring (bicyclic) bond motifs is 1. The standard InChI is InChI=1S/C20H14N4O5S/c25-18(4-2-1-3-13-5-10-16-17(11-13)29-12-28-16)21-20-23-22-19(30-20)14-6-8-15(9-7-14)24(26)27/h1-11H,12H2,(H,21,23,25)/b3-1+,4-2+. The summed E-state index contributed by atoms with van der Waals surface area (Å²) in [7, 11) is 0. The molecule has 0 fully saturated rings. The monoisotopic (exact) mass is 422 g/mol. The minimum Gasteiger partial charge on any atom is -0.454 e. The van der Waals surface area contributed by atoms with Crippen molar-refractivity contribution in [2.45, 2.75) is 0 Å². The Kier molecular flexibility index (Phi) is 5.48. The first-order valence-electron chi connectivity index (χ1n) is 8.72. The van der Waals surface area contributed by atoms with Crippen molar-refractivity contribution >= 4 is 34.1 Å². The van der Waals surface area contributed by atoms with Crippen LogP contribution in [0.1, 0.15) is 5.56 Å². The van der Waals surface area contributed by atoms with Gasteiger partial charge in [0.1, 0.15) is 5.01 Å².